The minimum absolute atomic E-state index is 0.923. The van der Waals surface area contributed by atoms with Gasteiger partial charge in [0.25, 0.3) is 0 Å². The summed E-state index contributed by atoms with van der Waals surface area (Å²) in [5.74, 6) is 3.28. The summed E-state index contributed by atoms with van der Waals surface area (Å²) in [6.45, 7) is 11.3. The van der Waals surface area contributed by atoms with Crippen LogP contribution in [0.25, 0.3) is 0 Å². The highest BCUT2D eigenvalue weighted by atomic mass is 16.5. The van der Waals surface area contributed by atoms with Gasteiger partial charge in [0.2, 0.25) is 0 Å². The second-order valence-corrected chi connectivity index (χ2v) is 7.35. The summed E-state index contributed by atoms with van der Waals surface area (Å²) in [4.78, 5) is 5.00. The Balaban J connectivity index is 1.33. The number of piperazine rings is 1. The van der Waals surface area contributed by atoms with Crippen molar-refractivity contribution in [3.05, 3.63) is 28.7 Å². The zero-order valence-electron chi connectivity index (χ0n) is 15.4. The van der Waals surface area contributed by atoms with Gasteiger partial charge < -0.3 is 9.09 Å². The predicted octanol–water partition coefficient (Wildman–Crippen LogP) is 1.93. The normalized spacial score (nSPS) is 19.8. The van der Waals surface area contributed by atoms with E-state index in [2.05, 4.69) is 29.7 Å². The predicted molar refractivity (Wildman–Crippen MR) is 94.1 cm³/mol. The highest BCUT2D eigenvalue weighted by Crippen LogP contribution is 2.18. The van der Waals surface area contributed by atoms with Crippen LogP contribution in [0.5, 0.6) is 0 Å². The lowest BCUT2D eigenvalue weighted by molar-refractivity contribution is 0.118. The van der Waals surface area contributed by atoms with Crippen LogP contribution in [0.2, 0.25) is 0 Å². The van der Waals surface area contributed by atoms with Crippen molar-refractivity contribution in [1.29, 1.82) is 0 Å². The highest BCUT2D eigenvalue weighted by molar-refractivity contribution is 5.20. The Labute approximate surface area is 149 Å². The van der Waals surface area contributed by atoms with E-state index in [1.807, 2.05) is 13.8 Å². The third-order valence-electron chi connectivity index (χ3n) is 5.58. The molecule has 25 heavy (non-hydrogen) atoms. The molecule has 7 nitrogen and oxygen atoms in total. The monoisotopic (exact) mass is 344 g/mol. The number of rotatable bonds is 4. The van der Waals surface area contributed by atoms with E-state index in [9.17, 15) is 0 Å². The van der Waals surface area contributed by atoms with E-state index in [1.54, 1.807) is 0 Å². The van der Waals surface area contributed by atoms with Crippen LogP contribution in [0, 0.1) is 13.8 Å². The fourth-order valence-electron chi connectivity index (χ4n) is 3.92. The summed E-state index contributed by atoms with van der Waals surface area (Å²) < 4.78 is 7.65. The Morgan fingerprint density at radius 3 is 2.36 bits per heavy atom. The van der Waals surface area contributed by atoms with Gasteiger partial charge in [-0.25, -0.2) is 0 Å². The molecule has 4 rings (SSSR count). The molecule has 0 N–H and O–H groups in total. The Kier molecular flexibility index (Phi) is 4.85. The lowest BCUT2D eigenvalue weighted by Gasteiger charge is -2.34. The van der Waals surface area contributed by atoms with E-state index in [-0.39, 0.29) is 0 Å². The minimum Gasteiger partial charge on any atom is -0.361 e. The first-order valence-corrected chi connectivity index (χ1v) is 9.48. The first-order valence-electron chi connectivity index (χ1n) is 9.48. The number of hydrogen-bond acceptors (Lipinski definition) is 6. The van der Waals surface area contributed by atoms with E-state index in [0.717, 1.165) is 69.5 Å². The first kappa shape index (κ1) is 16.7. The molecule has 1 saturated heterocycles. The van der Waals surface area contributed by atoms with Gasteiger partial charge in [0.05, 0.1) is 12.2 Å². The third kappa shape index (κ3) is 3.62. The van der Waals surface area contributed by atoms with E-state index in [4.69, 9.17) is 4.52 Å². The van der Waals surface area contributed by atoms with Crippen molar-refractivity contribution < 1.29 is 4.52 Å². The molecule has 2 aliphatic heterocycles. The SMILES string of the molecule is Cc1noc(C)c1CN1CCN(Cc2nnc3n2CCCCC3)CC1. The molecule has 0 saturated carbocycles. The van der Waals surface area contributed by atoms with Crippen LogP contribution in [0.1, 0.15) is 47.9 Å². The van der Waals surface area contributed by atoms with Gasteiger partial charge in [0, 0.05) is 51.3 Å². The van der Waals surface area contributed by atoms with E-state index in [1.165, 1.54) is 30.7 Å². The molecule has 0 unspecified atom stereocenters. The molecule has 0 radical (unpaired) electrons. The molecule has 0 amide bonds. The van der Waals surface area contributed by atoms with E-state index >= 15 is 0 Å². The van der Waals surface area contributed by atoms with Gasteiger partial charge in [-0.15, -0.1) is 10.2 Å². The lowest BCUT2D eigenvalue weighted by atomic mass is 10.2. The van der Waals surface area contributed by atoms with Crippen LogP contribution in [0.15, 0.2) is 4.52 Å². The zero-order valence-corrected chi connectivity index (χ0v) is 15.4. The summed E-state index contributed by atoms with van der Waals surface area (Å²) in [5, 5.41) is 13.0. The Morgan fingerprint density at radius 2 is 1.64 bits per heavy atom. The van der Waals surface area contributed by atoms with Gasteiger partial charge >= 0.3 is 0 Å². The van der Waals surface area contributed by atoms with Gasteiger partial charge in [-0.2, -0.15) is 0 Å². The van der Waals surface area contributed by atoms with E-state index < -0.39 is 0 Å². The van der Waals surface area contributed by atoms with Crippen molar-refractivity contribution in [2.45, 2.75) is 59.2 Å². The maximum Gasteiger partial charge on any atom is 0.147 e. The Bertz CT molecular complexity index is 694. The molecule has 1 fully saturated rings. The Hall–Kier alpha value is -1.73. The average Bonchev–Trinajstić information content (AvgIpc) is 3.03. The molecule has 2 aromatic heterocycles. The fraction of sp³-hybridized carbons (Fsp3) is 0.722. The summed E-state index contributed by atoms with van der Waals surface area (Å²) in [6, 6.07) is 0. The highest BCUT2D eigenvalue weighted by Gasteiger charge is 2.22. The molecule has 0 aromatic carbocycles. The first-order chi connectivity index (χ1) is 12.2. The molecule has 0 bridgehead atoms. The number of hydrogen-bond donors (Lipinski definition) is 0. The third-order valence-corrected chi connectivity index (χ3v) is 5.58. The Morgan fingerprint density at radius 1 is 0.880 bits per heavy atom. The molecule has 4 heterocycles. The summed E-state index contributed by atoms with van der Waals surface area (Å²) in [7, 11) is 0. The fourth-order valence-corrected chi connectivity index (χ4v) is 3.92. The molecule has 2 aromatic rings. The molecule has 2 aliphatic rings. The smallest absolute Gasteiger partial charge is 0.147 e. The number of nitrogens with zero attached hydrogens (tertiary/aromatic N) is 6. The number of aryl methyl sites for hydroxylation is 3. The van der Waals surface area contributed by atoms with Gasteiger partial charge in [-0.05, 0) is 26.7 Å². The van der Waals surface area contributed by atoms with Gasteiger partial charge in [-0.3, -0.25) is 9.80 Å². The van der Waals surface area contributed by atoms with Gasteiger partial charge in [-0.1, -0.05) is 11.6 Å². The van der Waals surface area contributed by atoms with Crippen LogP contribution < -0.4 is 0 Å². The van der Waals surface area contributed by atoms with Crippen molar-refractivity contribution >= 4 is 0 Å². The van der Waals surface area contributed by atoms with Crippen molar-refractivity contribution in [2.24, 2.45) is 0 Å². The number of aromatic nitrogens is 4. The molecular weight excluding hydrogens is 316 g/mol. The average molecular weight is 344 g/mol. The number of fused-ring (bicyclic) bond motifs is 1. The molecule has 0 spiro atoms. The van der Waals surface area contributed by atoms with Crippen LogP contribution in [0.4, 0.5) is 0 Å². The van der Waals surface area contributed by atoms with Gasteiger partial charge in [0.15, 0.2) is 0 Å². The van der Waals surface area contributed by atoms with Crippen LogP contribution >= 0.6 is 0 Å². The van der Waals surface area contributed by atoms with Crippen molar-refractivity contribution in [3.63, 3.8) is 0 Å². The summed E-state index contributed by atoms with van der Waals surface area (Å²) in [6.07, 6.45) is 4.89. The maximum absolute atomic E-state index is 5.29. The van der Waals surface area contributed by atoms with Gasteiger partial charge in [0.1, 0.15) is 17.4 Å². The second kappa shape index (κ2) is 7.25. The lowest BCUT2D eigenvalue weighted by Crippen LogP contribution is -2.45. The topological polar surface area (TPSA) is 63.2 Å². The maximum atomic E-state index is 5.29. The molecule has 0 atom stereocenters. The molecule has 136 valence electrons. The van der Waals surface area contributed by atoms with Crippen LogP contribution in [0.3, 0.4) is 0 Å². The minimum atomic E-state index is 0.923. The van der Waals surface area contributed by atoms with Crippen molar-refractivity contribution in [1.82, 2.24) is 29.7 Å². The zero-order chi connectivity index (χ0) is 17.2. The summed E-state index contributed by atoms with van der Waals surface area (Å²) in [5.41, 5.74) is 2.27. The quantitative estimate of drug-likeness (QED) is 0.844. The van der Waals surface area contributed by atoms with Crippen molar-refractivity contribution in [3.8, 4) is 0 Å². The van der Waals surface area contributed by atoms with Crippen LogP contribution in [-0.4, -0.2) is 55.9 Å². The van der Waals surface area contributed by atoms with Crippen molar-refractivity contribution in [2.75, 3.05) is 26.2 Å². The standard InChI is InChI=1S/C18H28N6O/c1-14-16(15(2)25-21-14)12-22-8-10-23(11-9-22)13-18-20-19-17-6-4-3-5-7-24(17)18/h3-13H2,1-2H3. The molecule has 0 aliphatic carbocycles. The largest absolute Gasteiger partial charge is 0.361 e. The second-order valence-electron chi connectivity index (χ2n) is 7.35. The molecular formula is C18H28N6O. The summed E-state index contributed by atoms with van der Waals surface area (Å²) >= 11 is 0. The van der Waals surface area contributed by atoms with E-state index in [0.29, 0.717) is 0 Å². The van der Waals surface area contributed by atoms with Crippen LogP contribution in [-0.2, 0) is 26.1 Å². The molecule has 7 heteroatoms.